The van der Waals surface area contributed by atoms with E-state index in [0.717, 1.165) is 27.8 Å². The molecule has 0 aliphatic carbocycles. The second-order valence-electron chi connectivity index (χ2n) is 8.15. The summed E-state index contributed by atoms with van der Waals surface area (Å²) in [5.41, 5.74) is 3.91. The van der Waals surface area contributed by atoms with Gasteiger partial charge < -0.3 is 19.6 Å². The van der Waals surface area contributed by atoms with Crippen LogP contribution in [-0.4, -0.2) is 39.7 Å². The molecule has 5 rings (SSSR count). The molecule has 0 aliphatic rings. The molecule has 8 heteroatoms. The molecule has 0 aliphatic heterocycles. The van der Waals surface area contributed by atoms with Crippen molar-refractivity contribution in [3.8, 4) is 17.3 Å². The zero-order chi connectivity index (χ0) is 24.0. The lowest BCUT2D eigenvalue weighted by Gasteiger charge is -2.18. The summed E-state index contributed by atoms with van der Waals surface area (Å²) in [5, 5.41) is 8.18. The van der Waals surface area contributed by atoms with Crippen LogP contribution in [0.2, 0.25) is 0 Å². The third-order valence-corrected chi connectivity index (χ3v) is 5.95. The molecule has 0 fully saturated rings. The molecule has 1 atom stereocenters. The van der Waals surface area contributed by atoms with Crippen molar-refractivity contribution in [2.24, 2.45) is 0 Å². The van der Waals surface area contributed by atoms with E-state index < -0.39 is 0 Å². The molecule has 0 saturated carbocycles. The Bertz CT molecular complexity index is 1410. The highest BCUT2D eigenvalue weighted by molar-refractivity contribution is 5.84. The number of hydrogen-bond acceptors (Lipinski definition) is 6. The summed E-state index contributed by atoms with van der Waals surface area (Å²) < 4.78 is 10.6. The number of nitrogens with zero attached hydrogens (tertiary/aromatic N) is 3. The molecule has 5 aromatic rings. The highest BCUT2D eigenvalue weighted by atomic mass is 16.5. The van der Waals surface area contributed by atoms with Crippen molar-refractivity contribution >= 4 is 16.8 Å². The van der Waals surface area contributed by atoms with Gasteiger partial charge in [0, 0.05) is 48.6 Å². The number of amides is 1. The van der Waals surface area contributed by atoms with Crippen LogP contribution >= 0.6 is 0 Å². The van der Waals surface area contributed by atoms with Crippen molar-refractivity contribution in [3.05, 3.63) is 96.1 Å². The van der Waals surface area contributed by atoms with E-state index in [1.165, 1.54) is 0 Å². The number of pyridine rings is 1. The monoisotopic (exact) mass is 467 g/mol. The van der Waals surface area contributed by atoms with Crippen molar-refractivity contribution in [2.75, 3.05) is 13.7 Å². The molecule has 2 aromatic carbocycles. The number of fused-ring (bicyclic) bond motifs is 1. The normalized spacial score (nSPS) is 11.9. The summed E-state index contributed by atoms with van der Waals surface area (Å²) in [6, 6.07) is 21.6. The first-order valence-electron chi connectivity index (χ1n) is 11.4. The Morgan fingerprint density at radius 2 is 1.91 bits per heavy atom. The Labute approximate surface area is 202 Å². The molecule has 0 radical (unpaired) electrons. The van der Waals surface area contributed by atoms with E-state index in [1.807, 2.05) is 66.9 Å². The first-order chi connectivity index (χ1) is 17.2. The standard InChI is InChI=1S/C27H25N5O3/c1-34-19-11-9-18(10-12-19)21(22-17-29-23-7-3-2-6-20(22)23)16-30-25(33)13-14-26-31-27(32-35-26)24-8-4-5-15-28-24/h2-12,15,17,21,29H,13-14,16H2,1H3,(H,30,33). The number of ether oxygens (including phenoxy) is 1. The Hall–Kier alpha value is -4.46. The third-order valence-electron chi connectivity index (χ3n) is 5.95. The average molecular weight is 468 g/mol. The largest absolute Gasteiger partial charge is 0.497 e. The minimum absolute atomic E-state index is 0.0276. The maximum atomic E-state index is 12.7. The van der Waals surface area contributed by atoms with Crippen LogP contribution in [0.1, 0.15) is 29.4 Å². The van der Waals surface area contributed by atoms with Gasteiger partial charge >= 0.3 is 0 Å². The second-order valence-corrected chi connectivity index (χ2v) is 8.15. The molecule has 0 saturated heterocycles. The number of carbonyl (C=O) groups is 1. The van der Waals surface area contributed by atoms with Gasteiger partial charge in [-0.15, -0.1) is 0 Å². The van der Waals surface area contributed by atoms with Crippen LogP contribution in [0.4, 0.5) is 0 Å². The maximum Gasteiger partial charge on any atom is 0.227 e. The molecule has 3 heterocycles. The van der Waals surface area contributed by atoms with Crippen LogP contribution < -0.4 is 10.1 Å². The van der Waals surface area contributed by atoms with Crippen LogP contribution in [-0.2, 0) is 11.2 Å². The van der Waals surface area contributed by atoms with Gasteiger partial charge in [-0.2, -0.15) is 4.98 Å². The molecule has 0 bridgehead atoms. The quantitative estimate of drug-likeness (QED) is 0.331. The van der Waals surface area contributed by atoms with Crippen LogP contribution in [0.25, 0.3) is 22.4 Å². The van der Waals surface area contributed by atoms with Gasteiger partial charge in [0.15, 0.2) is 0 Å². The SMILES string of the molecule is COc1ccc(C(CNC(=O)CCc2nc(-c3ccccn3)no2)c2c[nH]c3ccccc23)cc1. The second kappa shape index (κ2) is 10.2. The number of methoxy groups -OCH3 is 1. The number of aromatic nitrogens is 4. The van der Waals surface area contributed by atoms with Gasteiger partial charge in [0.2, 0.25) is 17.6 Å². The zero-order valence-corrected chi connectivity index (χ0v) is 19.3. The summed E-state index contributed by atoms with van der Waals surface area (Å²) in [7, 11) is 1.65. The van der Waals surface area contributed by atoms with Crippen molar-refractivity contribution in [1.29, 1.82) is 0 Å². The molecule has 0 spiro atoms. The zero-order valence-electron chi connectivity index (χ0n) is 19.3. The van der Waals surface area contributed by atoms with Crippen LogP contribution in [0, 0.1) is 0 Å². The van der Waals surface area contributed by atoms with Crippen molar-refractivity contribution in [1.82, 2.24) is 25.4 Å². The number of rotatable bonds is 9. The molecule has 35 heavy (non-hydrogen) atoms. The number of H-pyrrole nitrogens is 1. The molecule has 8 nitrogen and oxygen atoms in total. The topological polar surface area (TPSA) is 106 Å². The van der Waals surface area contributed by atoms with E-state index >= 15 is 0 Å². The van der Waals surface area contributed by atoms with Gasteiger partial charge in [0.25, 0.3) is 0 Å². The number of benzene rings is 2. The third kappa shape index (κ3) is 5.06. The van der Waals surface area contributed by atoms with Gasteiger partial charge in [-0.1, -0.05) is 41.6 Å². The fourth-order valence-corrected chi connectivity index (χ4v) is 4.11. The van der Waals surface area contributed by atoms with Crippen molar-refractivity contribution < 1.29 is 14.1 Å². The van der Waals surface area contributed by atoms with Crippen molar-refractivity contribution in [2.45, 2.75) is 18.8 Å². The number of nitrogens with one attached hydrogen (secondary N) is 2. The Balaban J connectivity index is 1.27. The van der Waals surface area contributed by atoms with Crippen LogP contribution in [0.5, 0.6) is 5.75 Å². The number of carbonyl (C=O) groups excluding carboxylic acids is 1. The van der Waals surface area contributed by atoms with Gasteiger partial charge in [-0.25, -0.2) is 0 Å². The molecule has 176 valence electrons. The molecular weight excluding hydrogens is 442 g/mol. The fraction of sp³-hybridized carbons (Fsp3) is 0.185. The maximum absolute atomic E-state index is 12.7. The minimum Gasteiger partial charge on any atom is -0.497 e. The number of para-hydroxylation sites is 1. The highest BCUT2D eigenvalue weighted by Crippen LogP contribution is 2.31. The Morgan fingerprint density at radius 1 is 1.09 bits per heavy atom. The fourth-order valence-electron chi connectivity index (χ4n) is 4.11. The van der Waals surface area contributed by atoms with Crippen LogP contribution in [0.3, 0.4) is 0 Å². The lowest BCUT2D eigenvalue weighted by Crippen LogP contribution is -2.29. The first-order valence-corrected chi connectivity index (χ1v) is 11.4. The van der Waals surface area contributed by atoms with E-state index in [0.29, 0.717) is 30.4 Å². The molecular formula is C27H25N5O3. The number of hydrogen-bond donors (Lipinski definition) is 2. The minimum atomic E-state index is -0.0825. The van der Waals surface area contributed by atoms with Gasteiger partial charge in [-0.05, 0) is 41.5 Å². The summed E-state index contributed by atoms with van der Waals surface area (Å²) >= 11 is 0. The van der Waals surface area contributed by atoms with Gasteiger partial charge in [0.05, 0.1) is 7.11 Å². The lowest BCUT2D eigenvalue weighted by molar-refractivity contribution is -0.121. The van der Waals surface area contributed by atoms with E-state index in [9.17, 15) is 4.79 Å². The van der Waals surface area contributed by atoms with E-state index in [4.69, 9.17) is 9.26 Å². The highest BCUT2D eigenvalue weighted by Gasteiger charge is 2.20. The average Bonchev–Trinajstić information content (AvgIpc) is 3.56. The van der Waals surface area contributed by atoms with E-state index in [-0.39, 0.29) is 18.2 Å². The van der Waals surface area contributed by atoms with Gasteiger partial charge in [-0.3, -0.25) is 9.78 Å². The number of aromatic amines is 1. The van der Waals surface area contributed by atoms with Crippen LogP contribution in [0.15, 0.2) is 83.6 Å². The summed E-state index contributed by atoms with van der Waals surface area (Å²) in [4.78, 5) is 24.6. The predicted octanol–water partition coefficient (Wildman–Crippen LogP) is 4.50. The predicted molar refractivity (Wildman–Crippen MR) is 132 cm³/mol. The summed E-state index contributed by atoms with van der Waals surface area (Å²) in [6.45, 7) is 0.454. The smallest absolute Gasteiger partial charge is 0.227 e. The Morgan fingerprint density at radius 3 is 2.71 bits per heavy atom. The lowest BCUT2D eigenvalue weighted by atomic mass is 9.90. The van der Waals surface area contributed by atoms with E-state index in [1.54, 1.807) is 13.3 Å². The molecule has 2 N–H and O–H groups in total. The first kappa shape index (κ1) is 22.3. The van der Waals surface area contributed by atoms with Gasteiger partial charge in [0.1, 0.15) is 11.4 Å². The Kier molecular flexibility index (Phi) is 6.52. The van der Waals surface area contributed by atoms with E-state index in [2.05, 4.69) is 31.5 Å². The summed E-state index contributed by atoms with van der Waals surface area (Å²) in [5.74, 6) is 1.50. The molecule has 1 amide bonds. The molecule has 3 aromatic heterocycles. The number of aryl methyl sites for hydroxylation is 1. The van der Waals surface area contributed by atoms with Crippen molar-refractivity contribution in [3.63, 3.8) is 0 Å². The molecule has 1 unspecified atom stereocenters. The summed E-state index contributed by atoms with van der Waals surface area (Å²) in [6.07, 6.45) is 4.29.